The molecule has 0 amide bonds. The molecule has 2 aromatic rings. The van der Waals surface area contributed by atoms with E-state index in [0.717, 1.165) is 31.5 Å². The highest BCUT2D eigenvalue weighted by atomic mass is 35.5. The summed E-state index contributed by atoms with van der Waals surface area (Å²) in [6.07, 6.45) is 7.44. The quantitative estimate of drug-likeness (QED) is 0.903. The maximum absolute atomic E-state index is 6.18. The monoisotopic (exact) mass is 328 g/mol. The molecule has 0 radical (unpaired) electrons. The molecular formula is C13H18Cl2N6. The van der Waals surface area contributed by atoms with E-state index in [-0.39, 0.29) is 12.4 Å². The van der Waals surface area contributed by atoms with E-state index in [2.05, 4.69) is 25.7 Å². The predicted molar refractivity (Wildman–Crippen MR) is 86.0 cm³/mol. The largest absolute Gasteiger partial charge is 0.351 e. The first-order valence-electron chi connectivity index (χ1n) is 6.71. The minimum atomic E-state index is 0. The van der Waals surface area contributed by atoms with Gasteiger partial charge in [0.1, 0.15) is 0 Å². The van der Waals surface area contributed by atoms with Crippen molar-refractivity contribution in [3.63, 3.8) is 0 Å². The summed E-state index contributed by atoms with van der Waals surface area (Å²) < 4.78 is 1.73. The van der Waals surface area contributed by atoms with E-state index in [1.54, 1.807) is 17.1 Å². The fraction of sp³-hybridized carbons (Fsp3) is 0.462. The van der Waals surface area contributed by atoms with Crippen LogP contribution in [0.15, 0.2) is 18.6 Å². The van der Waals surface area contributed by atoms with Gasteiger partial charge in [-0.15, -0.1) is 12.4 Å². The van der Waals surface area contributed by atoms with E-state index in [4.69, 9.17) is 11.6 Å². The number of piperidine rings is 1. The number of aromatic nitrogens is 4. The Balaban J connectivity index is 0.00000161. The zero-order valence-corrected chi connectivity index (χ0v) is 13.3. The highest BCUT2D eigenvalue weighted by Gasteiger charge is 2.15. The Hall–Kier alpha value is -1.37. The lowest BCUT2D eigenvalue weighted by Crippen LogP contribution is -2.35. The fourth-order valence-electron chi connectivity index (χ4n) is 2.33. The number of nitrogens with zero attached hydrogens (tertiary/aromatic N) is 4. The minimum absolute atomic E-state index is 0. The van der Waals surface area contributed by atoms with Gasteiger partial charge >= 0.3 is 0 Å². The highest BCUT2D eigenvalue weighted by molar-refractivity contribution is 6.32. The third kappa shape index (κ3) is 3.84. The van der Waals surface area contributed by atoms with Crippen LogP contribution in [0.3, 0.4) is 0 Å². The Kier molecular flexibility index (Phi) is 5.39. The zero-order chi connectivity index (χ0) is 13.9. The van der Waals surface area contributed by atoms with E-state index < -0.39 is 0 Å². The van der Waals surface area contributed by atoms with E-state index >= 15 is 0 Å². The van der Waals surface area contributed by atoms with Gasteiger partial charge in [0.2, 0.25) is 5.95 Å². The van der Waals surface area contributed by atoms with Crippen molar-refractivity contribution in [2.75, 3.05) is 18.4 Å². The molecule has 6 nitrogen and oxygen atoms in total. The van der Waals surface area contributed by atoms with Gasteiger partial charge in [0.05, 0.1) is 23.1 Å². The lowest BCUT2D eigenvalue weighted by atomic mass is 10.1. The van der Waals surface area contributed by atoms with Crippen LogP contribution in [-0.2, 0) is 7.05 Å². The molecule has 0 saturated carbocycles. The molecule has 1 aliphatic heterocycles. The summed E-state index contributed by atoms with van der Waals surface area (Å²) in [4.78, 5) is 8.79. The molecule has 3 heterocycles. The highest BCUT2D eigenvalue weighted by Crippen LogP contribution is 2.25. The number of aryl methyl sites for hydroxylation is 1. The second-order valence-corrected chi connectivity index (χ2v) is 5.37. The van der Waals surface area contributed by atoms with Crippen molar-refractivity contribution in [1.82, 2.24) is 25.1 Å². The van der Waals surface area contributed by atoms with Crippen molar-refractivity contribution in [2.45, 2.75) is 18.9 Å². The van der Waals surface area contributed by atoms with Crippen LogP contribution in [-0.4, -0.2) is 38.9 Å². The van der Waals surface area contributed by atoms with Crippen molar-refractivity contribution < 1.29 is 0 Å². The van der Waals surface area contributed by atoms with Crippen LogP contribution < -0.4 is 10.6 Å². The van der Waals surface area contributed by atoms with Gasteiger partial charge in [-0.05, 0) is 25.9 Å². The van der Waals surface area contributed by atoms with Crippen LogP contribution >= 0.6 is 24.0 Å². The first-order valence-corrected chi connectivity index (χ1v) is 7.09. The molecular weight excluding hydrogens is 311 g/mol. The Morgan fingerprint density at radius 2 is 2.10 bits per heavy atom. The summed E-state index contributed by atoms with van der Waals surface area (Å²) >= 11 is 6.18. The average Bonchev–Trinajstić information content (AvgIpc) is 2.89. The first kappa shape index (κ1) is 16.0. The summed E-state index contributed by atoms with van der Waals surface area (Å²) in [6.45, 7) is 2.06. The van der Waals surface area contributed by atoms with Crippen molar-refractivity contribution in [1.29, 1.82) is 0 Å². The smallest absolute Gasteiger partial charge is 0.223 e. The fourth-order valence-corrected chi connectivity index (χ4v) is 2.53. The molecule has 0 unspecified atom stereocenters. The molecule has 8 heteroatoms. The molecule has 0 spiro atoms. The van der Waals surface area contributed by atoms with E-state index in [1.807, 2.05) is 13.2 Å². The molecule has 1 aliphatic rings. The standard InChI is InChI=1S/C13H17ClN6.ClH/c1-20-8-9(6-17-20)12-11(14)7-16-13(19-12)18-10-2-4-15-5-3-10;/h6-8,10,15H,2-5H2,1H3,(H,16,18,19);1H. The molecule has 3 rings (SSSR count). The molecule has 0 atom stereocenters. The molecule has 2 N–H and O–H groups in total. The van der Waals surface area contributed by atoms with E-state index in [9.17, 15) is 0 Å². The second-order valence-electron chi connectivity index (χ2n) is 4.96. The van der Waals surface area contributed by atoms with Crippen molar-refractivity contribution in [3.05, 3.63) is 23.6 Å². The predicted octanol–water partition coefficient (Wildman–Crippen LogP) is 2.12. The van der Waals surface area contributed by atoms with Crippen LogP contribution in [0.2, 0.25) is 5.02 Å². The lowest BCUT2D eigenvalue weighted by Gasteiger charge is -2.23. The van der Waals surface area contributed by atoms with Crippen LogP contribution in [0.5, 0.6) is 0 Å². The number of halogens is 2. The summed E-state index contributed by atoms with van der Waals surface area (Å²) in [6, 6.07) is 0.416. The maximum Gasteiger partial charge on any atom is 0.223 e. The van der Waals surface area contributed by atoms with Crippen LogP contribution in [0, 0.1) is 0 Å². The van der Waals surface area contributed by atoms with Gasteiger partial charge in [-0.3, -0.25) is 4.68 Å². The van der Waals surface area contributed by atoms with Gasteiger partial charge in [-0.25, -0.2) is 9.97 Å². The number of anilines is 1. The molecule has 114 valence electrons. The first-order chi connectivity index (χ1) is 9.72. The zero-order valence-electron chi connectivity index (χ0n) is 11.7. The van der Waals surface area contributed by atoms with Crippen molar-refractivity contribution in [3.8, 4) is 11.3 Å². The average molecular weight is 329 g/mol. The lowest BCUT2D eigenvalue weighted by molar-refractivity contribution is 0.477. The summed E-state index contributed by atoms with van der Waals surface area (Å²) in [5, 5.41) is 11.4. The molecule has 1 saturated heterocycles. The Morgan fingerprint density at radius 1 is 1.33 bits per heavy atom. The molecule has 0 aliphatic carbocycles. The topological polar surface area (TPSA) is 67.7 Å². The van der Waals surface area contributed by atoms with Gasteiger partial charge in [0, 0.05) is 24.8 Å². The Bertz CT molecular complexity index is 594. The Labute approximate surface area is 134 Å². The maximum atomic E-state index is 6.18. The number of hydrogen-bond donors (Lipinski definition) is 2. The van der Waals surface area contributed by atoms with Gasteiger partial charge in [0.25, 0.3) is 0 Å². The van der Waals surface area contributed by atoms with Crippen LogP contribution in [0.1, 0.15) is 12.8 Å². The van der Waals surface area contributed by atoms with Crippen LogP contribution in [0.25, 0.3) is 11.3 Å². The van der Waals surface area contributed by atoms with Gasteiger partial charge in [-0.1, -0.05) is 11.6 Å². The van der Waals surface area contributed by atoms with E-state index in [0.29, 0.717) is 22.7 Å². The third-order valence-corrected chi connectivity index (χ3v) is 3.67. The molecule has 0 bridgehead atoms. The molecule has 2 aromatic heterocycles. The van der Waals surface area contributed by atoms with Gasteiger partial charge in [0.15, 0.2) is 0 Å². The summed E-state index contributed by atoms with van der Waals surface area (Å²) in [5.41, 5.74) is 1.61. The van der Waals surface area contributed by atoms with Crippen LogP contribution in [0.4, 0.5) is 5.95 Å². The number of nitrogens with one attached hydrogen (secondary N) is 2. The molecule has 21 heavy (non-hydrogen) atoms. The normalized spacial score (nSPS) is 15.5. The Morgan fingerprint density at radius 3 is 2.76 bits per heavy atom. The number of rotatable bonds is 3. The SMILES string of the molecule is Cl.Cn1cc(-c2nc(NC3CCNCC3)ncc2Cl)cn1. The van der Waals surface area contributed by atoms with Gasteiger partial charge < -0.3 is 10.6 Å². The minimum Gasteiger partial charge on any atom is -0.351 e. The molecule has 1 fully saturated rings. The van der Waals surface area contributed by atoms with Gasteiger partial charge in [-0.2, -0.15) is 5.10 Å². The van der Waals surface area contributed by atoms with Crippen molar-refractivity contribution in [2.24, 2.45) is 7.05 Å². The van der Waals surface area contributed by atoms with E-state index in [1.165, 1.54) is 0 Å². The third-order valence-electron chi connectivity index (χ3n) is 3.39. The molecule has 0 aromatic carbocycles. The second kappa shape index (κ2) is 7.06. The van der Waals surface area contributed by atoms with Crippen molar-refractivity contribution >= 4 is 30.0 Å². The summed E-state index contributed by atoms with van der Waals surface area (Å²) in [5.74, 6) is 0.625. The summed E-state index contributed by atoms with van der Waals surface area (Å²) in [7, 11) is 1.87. The number of hydrogen-bond acceptors (Lipinski definition) is 5.